The van der Waals surface area contributed by atoms with Crippen molar-refractivity contribution in [1.29, 1.82) is 0 Å². The molecule has 2 heterocycles. The quantitative estimate of drug-likeness (QED) is 0.0314. The van der Waals surface area contributed by atoms with Gasteiger partial charge in [-0.1, -0.05) is 125 Å². The van der Waals surface area contributed by atoms with Gasteiger partial charge in [0.05, 0.1) is 46.9 Å². The van der Waals surface area contributed by atoms with Crippen molar-refractivity contribution in [2.75, 3.05) is 10.6 Å². The monoisotopic (exact) mass is 1150 g/mol. The van der Waals surface area contributed by atoms with Gasteiger partial charge < -0.3 is 60.0 Å². The third kappa shape index (κ3) is 17.4. The predicted molar refractivity (Wildman–Crippen MR) is 315 cm³/mol. The number of nitrogens with one attached hydrogen (secondary N) is 2. The molecule has 2 unspecified atom stereocenters. The number of aliphatic hydroxyl groups excluding tert-OH is 4. The maximum absolute atomic E-state index is 14.0. The van der Waals surface area contributed by atoms with Crippen molar-refractivity contribution in [3.8, 4) is 44.8 Å². The van der Waals surface area contributed by atoms with Gasteiger partial charge in [0.25, 0.3) is 11.8 Å². The molecule has 6 aromatic carbocycles. The number of carboxylic acids is 2. The number of aromatic nitrogens is 2. The summed E-state index contributed by atoms with van der Waals surface area (Å²) in [5, 5.41) is 69.2. The number of hydrogen-bond acceptors (Lipinski definition) is 10. The Morgan fingerprint density at radius 2 is 0.747 bits per heavy atom. The van der Waals surface area contributed by atoms with Crippen LogP contribution in [0.15, 0.2) is 170 Å². The second kappa shape index (κ2) is 30.9. The molecule has 0 saturated heterocycles. The topological polar surface area (TPSA) is 229 Å². The van der Waals surface area contributed by atoms with Gasteiger partial charge in [-0.3, -0.25) is 9.59 Å². The smallest absolute Gasteiger partial charge is 0.550 e. The van der Waals surface area contributed by atoms with E-state index >= 15 is 0 Å². The van der Waals surface area contributed by atoms with Crippen LogP contribution in [0.25, 0.3) is 44.8 Å². The molecular formula is C66H68CaF2N4O10. The molecule has 0 aliphatic rings. The van der Waals surface area contributed by atoms with Crippen molar-refractivity contribution in [3.63, 3.8) is 0 Å². The minimum absolute atomic E-state index is 0. The Morgan fingerprint density at radius 1 is 0.446 bits per heavy atom. The van der Waals surface area contributed by atoms with E-state index in [0.717, 1.165) is 22.5 Å². The molecule has 0 radical (unpaired) electrons. The van der Waals surface area contributed by atoms with E-state index in [1.165, 1.54) is 24.3 Å². The van der Waals surface area contributed by atoms with Crippen molar-refractivity contribution in [1.82, 2.24) is 9.13 Å². The van der Waals surface area contributed by atoms with Gasteiger partial charge in [0.15, 0.2) is 0 Å². The van der Waals surface area contributed by atoms with Crippen LogP contribution in [0.1, 0.15) is 110 Å². The van der Waals surface area contributed by atoms with Crippen LogP contribution in [-0.4, -0.2) is 115 Å². The molecule has 0 bridgehead atoms. The molecule has 0 aliphatic heterocycles. The number of carbonyl (C=O) groups excluding carboxylic acids is 4. The summed E-state index contributed by atoms with van der Waals surface area (Å²) in [6.45, 7) is 8.45. The third-order valence-corrected chi connectivity index (χ3v) is 13.8. The second-order valence-corrected chi connectivity index (χ2v) is 20.8. The minimum Gasteiger partial charge on any atom is -0.550 e. The Bertz CT molecular complexity index is 3170. The van der Waals surface area contributed by atoms with Crippen LogP contribution in [0.2, 0.25) is 0 Å². The fourth-order valence-corrected chi connectivity index (χ4v) is 10.4. The van der Waals surface area contributed by atoms with E-state index in [9.17, 15) is 58.6 Å². The van der Waals surface area contributed by atoms with E-state index in [2.05, 4.69) is 10.6 Å². The van der Waals surface area contributed by atoms with E-state index in [0.29, 0.717) is 56.1 Å². The zero-order valence-corrected chi connectivity index (χ0v) is 49.1. The molecule has 2 amide bonds. The summed E-state index contributed by atoms with van der Waals surface area (Å²) >= 11 is 0. The van der Waals surface area contributed by atoms with Crippen LogP contribution in [0.3, 0.4) is 0 Å². The van der Waals surface area contributed by atoms with Crippen LogP contribution in [0.5, 0.6) is 0 Å². The number of halogens is 2. The molecule has 0 saturated carbocycles. The Balaban J connectivity index is 0.000000263. The number of amides is 2. The molecule has 2 aromatic heterocycles. The molecule has 8 aromatic rings. The number of benzene rings is 6. The first-order chi connectivity index (χ1) is 39.3. The average molecular weight is 1160 g/mol. The molecule has 428 valence electrons. The molecule has 0 aliphatic carbocycles. The first-order valence-electron chi connectivity index (χ1n) is 27.3. The third-order valence-electron chi connectivity index (χ3n) is 13.8. The second-order valence-electron chi connectivity index (χ2n) is 20.8. The van der Waals surface area contributed by atoms with Crippen molar-refractivity contribution in [2.45, 2.75) is 116 Å². The van der Waals surface area contributed by atoms with E-state index < -0.39 is 60.8 Å². The summed E-state index contributed by atoms with van der Waals surface area (Å²) < 4.78 is 32.0. The summed E-state index contributed by atoms with van der Waals surface area (Å²) in [6.07, 6.45) is -5.54. The van der Waals surface area contributed by atoms with Crippen molar-refractivity contribution >= 4 is 72.9 Å². The fourth-order valence-electron chi connectivity index (χ4n) is 10.4. The van der Waals surface area contributed by atoms with Gasteiger partial charge in [-0.05, 0) is 133 Å². The first-order valence-corrected chi connectivity index (χ1v) is 27.3. The molecule has 17 heteroatoms. The Hall–Kier alpha value is -7.28. The molecule has 0 spiro atoms. The van der Waals surface area contributed by atoms with Crippen LogP contribution in [-0.2, 0) is 22.7 Å². The van der Waals surface area contributed by atoms with Crippen molar-refractivity contribution in [2.24, 2.45) is 0 Å². The van der Waals surface area contributed by atoms with Gasteiger partial charge in [0, 0.05) is 71.8 Å². The van der Waals surface area contributed by atoms with Crippen molar-refractivity contribution in [3.05, 3.63) is 204 Å². The Kier molecular flexibility index (Phi) is 24.1. The van der Waals surface area contributed by atoms with Crippen molar-refractivity contribution < 1.29 is 58.6 Å². The van der Waals surface area contributed by atoms with Crippen LogP contribution < -0.4 is 20.8 Å². The summed E-state index contributed by atoms with van der Waals surface area (Å²) in [5.41, 5.74) is 9.43. The number of hydrogen-bond donors (Lipinski definition) is 6. The molecule has 8 rings (SSSR count). The predicted octanol–water partition coefficient (Wildman–Crippen LogP) is 9.58. The van der Waals surface area contributed by atoms with Gasteiger partial charge in [-0.2, -0.15) is 0 Å². The molecule has 83 heavy (non-hydrogen) atoms. The summed E-state index contributed by atoms with van der Waals surface area (Å²) in [5.74, 6) is -4.41. The molecule has 6 N–H and O–H groups in total. The van der Waals surface area contributed by atoms with Gasteiger partial charge in [0.1, 0.15) is 11.6 Å². The van der Waals surface area contributed by atoms with E-state index in [-0.39, 0.29) is 100 Å². The van der Waals surface area contributed by atoms with Crippen LogP contribution in [0, 0.1) is 11.6 Å². The van der Waals surface area contributed by atoms with Gasteiger partial charge >= 0.3 is 37.7 Å². The number of rotatable bonds is 24. The van der Waals surface area contributed by atoms with E-state index in [1.807, 2.05) is 134 Å². The van der Waals surface area contributed by atoms with Crippen LogP contribution >= 0.6 is 0 Å². The molecule has 14 nitrogen and oxygen atoms in total. The summed E-state index contributed by atoms with van der Waals surface area (Å²) in [7, 11) is 0. The van der Waals surface area contributed by atoms with Gasteiger partial charge in [-0.15, -0.1) is 0 Å². The Morgan fingerprint density at radius 3 is 1.04 bits per heavy atom. The average Bonchev–Trinajstić information content (AvgIpc) is 3.14. The van der Waals surface area contributed by atoms with Gasteiger partial charge in [0.2, 0.25) is 0 Å². The maximum atomic E-state index is 14.0. The largest absolute Gasteiger partial charge is 2.00 e. The number of anilines is 2. The fraction of sp³-hybridized carbons (Fsp3) is 0.273. The van der Waals surface area contributed by atoms with Gasteiger partial charge in [-0.25, -0.2) is 8.78 Å². The maximum Gasteiger partial charge on any atom is 2.00 e. The normalized spacial score (nSPS) is 12.6. The number of aliphatic carboxylic acids is 2. The minimum atomic E-state index is -1.39. The number of nitrogens with zero attached hydrogens (tertiary/aromatic N) is 2. The molecule has 0 fully saturated rings. The summed E-state index contributed by atoms with van der Waals surface area (Å²) in [6, 6.07) is 49.4. The molecule has 4 atom stereocenters. The van der Waals surface area contributed by atoms with E-state index in [1.54, 1.807) is 48.5 Å². The number of para-hydroxylation sites is 2. The number of carbonyl (C=O) groups is 4. The first kappa shape index (κ1) is 64.9. The SMILES string of the molecule is CC(C)c1c(C(=O)Nc2ccccc2)c(-c2ccccc2)c(-c2ccc(F)cc2)n1CCC(O)C[C@@H](O)CC(=O)[O-].CC(C)c1c(C(=O)Nc2ccccc2)c(-c2ccccc2)c(-c2ccc(F)cc2)n1CCC(O)C[C@@H](O)CC(=O)[O-].[Ca+2]. The number of carboxylic acid groups (broad SMARTS) is 2. The zero-order chi connectivity index (χ0) is 59.0. The van der Waals surface area contributed by atoms with Crippen LogP contribution in [0.4, 0.5) is 20.2 Å². The number of aliphatic hydroxyl groups is 4. The summed E-state index contributed by atoms with van der Waals surface area (Å²) in [4.78, 5) is 49.8. The van der Waals surface area contributed by atoms with E-state index in [4.69, 9.17) is 0 Å². The molecular weight excluding hydrogens is 1090 g/mol. The zero-order valence-electron chi connectivity index (χ0n) is 46.9. The standard InChI is InChI=1S/2C33H35FN2O5.Ca/c2*1-21(2)31-30(33(41)35-25-11-7-4-8-12-25)29(22-9-5-3-6-10-22)32(23-13-15-24(34)16-14-23)36(31)18-17-26(37)19-27(38)20-28(39)40;/h2*3-16,21,26-27,37-38H,17-20H2,1-2H3,(H,35,41)(H,39,40);/q;;+2/p-2/t2*26?,27-;/m11./s1. The Labute approximate surface area is 512 Å².